The van der Waals surface area contributed by atoms with Crippen molar-refractivity contribution >= 4 is 11.6 Å². The van der Waals surface area contributed by atoms with Gasteiger partial charge in [0.15, 0.2) is 0 Å². The van der Waals surface area contributed by atoms with Gasteiger partial charge in [-0.25, -0.2) is 0 Å². The molecule has 0 bridgehead atoms. The third kappa shape index (κ3) is 2.74. The molecule has 1 heterocycles. The molecule has 0 saturated heterocycles. The Hall–Kier alpha value is -2.88. The SMILES string of the molecule is CCC(C)C(=O)Nc1ccc2c(c1)Cc1c(-c3ccccc3)n[nH]c1-2. The number of nitrogens with one attached hydrogen (secondary N) is 2. The predicted octanol–water partition coefficient (Wildman–Crippen LogP) is 4.63. The van der Waals surface area contributed by atoms with Crippen LogP contribution < -0.4 is 5.32 Å². The molecule has 2 N–H and O–H groups in total. The van der Waals surface area contributed by atoms with Crippen molar-refractivity contribution in [1.29, 1.82) is 0 Å². The number of fused-ring (bicyclic) bond motifs is 3. The van der Waals surface area contributed by atoms with Crippen LogP contribution >= 0.6 is 0 Å². The molecule has 1 aliphatic rings. The van der Waals surface area contributed by atoms with E-state index in [2.05, 4.69) is 39.8 Å². The second kappa shape index (κ2) is 6.20. The summed E-state index contributed by atoms with van der Waals surface area (Å²) >= 11 is 0. The maximum Gasteiger partial charge on any atom is 0.227 e. The van der Waals surface area contributed by atoms with Gasteiger partial charge in [0.1, 0.15) is 0 Å². The van der Waals surface area contributed by atoms with Gasteiger partial charge >= 0.3 is 0 Å². The molecule has 1 unspecified atom stereocenters. The molecule has 0 saturated carbocycles. The van der Waals surface area contributed by atoms with Gasteiger partial charge in [-0.2, -0.15) is 5.10 Å². The number of H-pyrrole nitrogens is 1. The van der Waals surface area contributed by atoms with Crippen LogP contribution in [0.4, 0.5) is 5.69 Å². The normalized spacial score (nSPS) is 13.2. The summed E-state index contributed by atoms with van der Waals surface area (Å²) in [6.45, 7) is 3.98. The second-order valence-electron chi connectivity index (χ2n) is 6.64. The molecular formula is C21H21N3O. The fourth-order valence-corrected chi connectivity index (χ4v) is 3.30. The lowest BCUT2D eigenvalue weighted by Gasteiger charge is -2.11. The van der Waals surface area contributed by atoms with Crippen LogP contribution in [0.3, 0.4) is 0 Å². The topological polar surface area (TPSA) is 57.8 Å². The lowest BCUT2D eigenvalue weighted by atomic mass is 10.1. The van der Waals surface area contributed by atoms with E-state index in [1.54, 1.807) is 0 Å². The highest BCUT2D eigenvalue weighted by Crippen LogP contribution is 2.40. The smallest absolute Gasteiger partial charge is 0.227 e. The predicted molar refractivity (Wildman–Crippen MR) is 100 cm³/mol. The van der Waals surface area contributed by atoms with Crippen LogP contribution in [0.1, 0.15) is 31.4 Å². The summed E-state index contributed by atoms with van der Waals surface area (Å²) < 4.78 is 0. The first-order valence-electron chi connectivity index (χ1n) is 8.74. The van der Waals surface area contributed by atoms with E-state index >= 15 is 0 Å². The number of nitrogens with zero attached hydrogens (tertiary/aromatic N) is 1. The van der Waals surface area contributed by atoms with Crippen LogP contribution in [0.2, 0.25) is 0 Å². The number of aromatic amines is 1. The first-order valence-corrected chi connectivity index (χ1v) is 8.74. The monoisotopic (exact) mass is 331 g/mol. The Labute approximate surface area is 147 Å². The zero-order chi connectivity index (χ0) is 17.4. The zero-order valence-corrected chi connectivity index (χ0v) is 14.5. The summed E-state index contributed by atoms with van der Waals surface area (Å²) in [4.78, 5) is 12.1. The van der Waals surface area contributed by atoms with E-state index in [-0.39, 0.29) is 11.8 Å². The number of benzene rings is 2. The minimum atomic E-state index is 0.0230. The molecule has 4 rings (SSSR count). The van der Waals surface area contributed by atoms with Crippen LogP contribution in [0, 0.1) is 5.92 Å². The van der Waals surface area contributed by atoms with Crippen LogP contribution in [-0.4, -0.2) is 16.1 Å². The Morgan fingerprint density at radius 1 is 1.24 bits per heavy atom. The fourth-order valence-electron chi connectivity index (χ4n) is 3.30. The molecule has 4 heteroatoms. The van der Waals surface area contributed by atoms with Crippen molar-refractivity contribution in [3.05, 3.63) is 59.7 Å². The Morgan fingerprint density at radius 3 is 2.80 bits per heavy atom. The third-order valence-corrected chi connectivity index (χ3v) is 4.98. The maximum atomic E-state index is 12.1. The highest BCUT2D eigenvalue weighted by Gasteiger charge is 2.25. The van der Waals surface area contributed by atoms with Gasteiger partial charge in [-0.15, -0.1) is 0 Å². The van der Waals surface area contributed by atoms with E-state index in [0.29, 0.717) is 0 Å². The summed E-state index contributed by atoms with van der Waals surface area (Å²) in [5, 5.41) is 10.7. The molecule has 1 atom stereocenters. The van der Waals surface area contributed by atoms with Crippen molar-refractivity contribution in [2.45, 2.75) is 26.7 Å². The van der Waals surface area contributed by atoms with E-state index in [1.165, 1.54) is 16.7 Å². The summed E-state index contributed by atoms with van der Waals surface area (Å²) in [6, 6.07) is 16.4. The van der Waals surface area contributed by atoms with Crippen LogP contribution in [-0.2, 0) is 11.2 Å². The molecule has 1 aliphatic carbocycles. The highest BCUT2D eigenvalue weighted by molar-refractivity contribution is 5.93. The number of carbonyl (C=O) groups excluding carboxylic acids is 1. The standard InChI is InChI=1S/C21H21N3O/c1-3-13(2)21(25)22-16-9-10-17-15(11-16)12-18-19(23-24-20(17)18)14-7-5-4-6-8-14/h4-11,13H,3,12H2,1-2H3,(H,22,25)(H,23,24). The minimum absolute atomic E-state index is 0.0230. The lowest BCUT2D eigenvalue weighted by Crippen LogP contribution is -2.19. The molecule has 2 aromatic carbocycles. The van der Waals surface area contributed by atoms with Gasteiger partial charge in [0.25, 0.3) is 0 Å². The van der Waals surface area contributed by atoms with E-state index in [4.69, 9.17) is 0 Å². The average molecular weight is 331 g/mol. The van der Waals surface area contributed by atoms with E-state index in [0.717, 1.165) is 35.5 Å². The minimum Gasteiger partial charge on any atom is -0.326 e. The molecule has 3 aromatic rings. The number of anilines is 1. The van der Waals surface area contributed by atoms with Gasteiger partial charge in [-0.05, 0) is 24.1 Å². The third-order valence-electron chi connectivity index (χ3n) is 4.98. The van der Waals surface area contributed by atoms with Crippen molar-refractivity contribution in [2.75, 3.05) is 5.32 Å². The zero-order valence-electron chi connectivity index (χ0n) is 14.5. The second-order valence-corrected chi connectivity index (χ2v) is 6.64. The Balaban J connectivity index is 1.63. The number of carbonyl (C=O) groups is 1. The summed E-state index contributed by atoms with van der Waals surface area (Å²) in [6.07, 6.45) is 1.67. The summed E-state index contributed by atoms with van der Waals surface area (Å²) in [5.41, 5.74) is 7.72. The van der Waals surface area contributed by atoms with Crippen LogP contribution in [0.15, 0.2) is 48.5 Å². The van der Waals surface area contributed by atoms with Crippen LogP contribution in [0.5, 0.6) is 0 Å². The van der Waals surface area contributed by atoms with Gasteiger partial charge in [-0.1, -0.05) is 50.2 Å². The first-order chi connectivity index (χ1) is 12.2. The number of hydrogen-bond acceptors (Lipinski definition) is 2. The van der Waals surface area contributed by atoms with E-state index in [9.17, 15) is 4.79 Å². The van der Waals surface area contributed by atoms with E-state index < -0.39 is 0 Å². The number of amides is 1. The highest BCUT2D eigenvalue weighted by atomic mass is 16.1. The molecule has 25 heavy (non-hydrogen) atoms. The molecule has 126 valence electrons. The van der Waals surface area contributed by atoms with Gasteiger partial charge in [-0.3, -0.25) is 9.89 Å². The first kappa shape index (κ1) is 15.6. The summed E-state index contributed by atoms with van der Waals surface area (Å²) in [5.74, 6) is 0.0977. The van der Waals surface area contributed by atoms with Gasteiger partial charge in [0.05, 0.1) is 11.4 Å². The quantitative estimate of drug-likeness (QED) is 0.573. The molecule has 1 amide bonds. The number of aromatic nitrogens is 2. The van der Waals surface area contributed by atoms with Crippen molar-refractivity contribution in [2.24, 2.45) is 5.92 Å². The van der Waals surface area contributed by atoms with Crippen molar-refractivity contribution in [3.8, 4) is 22.5 Å². The molecule has 1 aromatic heterocycles. The summed E-state index contributed by atoms with van der Waals surface area (Å²) in [7, 11) is 0. The average Bonchev–Trinajstić information content (AvgIpc) is 3.20. The molecular weight excluding hydrogens is 310 g/mol. The number of rotatable bonds is 4. The van der Waals surface area contributed by atoms with Crippen molar-refractivity contribution in [3.63, 3.8) is 0 Å². The lowest BCUT2D eigenvalue weighted by molar-refractivity contribution is -0.119. The molecule has 0 spiro atoms. The van der Waals surface area contributed by atoms with E-state index in [1.807, 2.05) is 38.1 Å². The number of hydrogen-bond donors (Lipinski definition) is 2. The molecule has 4 nitrogen and oxygen atoms in total. The van der Waals surface area contributed by atoms with Crippen molar-refractivity contribution in [1.82, 2.24) is 10.2 Å². The van der Waals surface area contributed by atoms with Crippen LogP contribution in [0.25, 0.3) is 22.5 Å². The van der Waals surface area contributed by atoms with Gasteiger partial charge in [0.2, 0.25) is 5.91 Å². The van der Waals surface area contributed by atoms with Gasteiger partial charge < -0.3 is 5.32 Å². The molecule has 0 radical (unpaired) electrons. The molecule has 0 aliphatic heterocycles. The maximum absolute atomic E-state index is 12.1. The molecule has 0 fully saturated rings. The largest absolute Gasteiger partial charge is 0.326 e. The van der Waals surface area contributed by atoms with Gasteiger partial charge in [0, 0.05) is 34.7 Å². The Morgan fingerprint density at radius 2 is 2.04 bits per heavy atom. The fraction of sp³-hybridized carbons (Fsp3) is 0.238. The van der Waals surface area contributed by atoms with Crippen molar-refractivity contribution < 1.29 is 4.79 Å². The Kier molecular flexibility index (Phi) is 3.88. The Bertz CT molecular complexity index is 928.